The number of hydrogen-bond donors (Lipinski definition) is 1. The Morgan fingerprint density at radius 2 is 1.49 bits per heavy atom. The molecule has 0 fully saturated rings. The van der Waals surface area contributed by atoms with E-state index < -0.39 is 6.04 Å². The summed E-state index contributed by atoms with van der Waals surface area (Å²) in [5.74, 6) is -0.663. The van der Waals surface area contributed by atoms with Crippen LogP contribution >= 0.6 is 0 Å². The van der Waals surface area contributed by atoms with Crippen molar-refractivity contribution in [1.82, 2.24) is 10.2 Å². The number of nitrogens with one attached hydrogen (secondary N) is 1. The maximum absolute atomic E-state index is 13.6. The molecule has 3 aromatic carbocycles. The van der Waals surface area contributed by atoms with Gasteiger partial charge in [0.15, 0.2) is 0 Å². The molecule has 196 valence electrons. The molecule has 1 atom stereocenters. The molecule has 1 N–H and O–H groups in total. The minimum absolute atomic E-state index is 0.118. The lowest BCUT2D eigenvalue weighted by Gasteiger charge is -2.31. The Morgan fingerprint density at radius 3 is 2.11 bits per heavy atom. The highest BCUT2D eigenvalue weighted by atomic mass is 19.1. The number of halogens is 1. The second-order valence-electron chi connectivity index (χ2n) is 9.40. The Morgan fingerprint density at radius 1 is 0.865 bits per heavy atom. The van der Waals surface area contributed by atoms with E-state index in [0.29, 0.717) is 32.4 Å². The summed E-state index contributed by atoms with van der Waals surface area (Å²) in [6.07, 6.45) is 2.04. The Balaban J connectivity index is 1.81. The van der Waals surface area contributed by atoms with Crippen molar-refractivity contribution in [1.29, 1.82) is 0 Å². The monoisotopic (exact) mass is 504 g/mol. The topological polar surface area (TPSA) is 58.6 Å². The molecule has 0 unspecified atom stereocenters. The molecular formula is C31H37FN2O3. The van der Waals surface area contributed by atoms with Crippen molar-refractivity contribution in [2.24, 2.45) is 0 Å². The highest BCUT2D eigenvalue weighted by molar-refractivity contribution is 5.88. The molecule has 0 aromatic heterocycles. The van der Waals surface area contributed by atoms with E-state index in [1.54, 1.807) is 17.0 Å². The number of carbonyl (C=O) groups is 2. The molecule has 0 heterocycles. The van der Waals surface area contributed by atoms with E-state index in [1.807, 2.05) is 74.5 Å². The summed E-state index contributed by atoms with van der Waals surface area (Å²) in [6.45, 7) is 5.18. The maximum atomic E-state index is 13.6. The van der Waals surface area contributed by atoms with Gasteiger partial charge in [-0.05, 0) is 55.5 Å². The Bertz CT molecular complexity index is 1090. The first-order valence-electron chi connectivity index (χ1n) is 12.9. The molecule has 6 heteroatoms. The third kappa shape index (κ3) is 9.81. The number of ether oxygens (including phenoxy) is 1. The van der Waals surface area contributed by atoms with Crippen LogP contribution in [0.1, 0.15) is 43.4 Å². The first-order valence-corrected chi connectivity index (χ1v) is 12.9. The summed E-state index contributed by atoms with van der Waals surface area (Å²) >= 11 is 0. The lowest BCUT2D eigenvalue weighted by molar-refractivity contribution is -0.141. The molecule has 0 spiro atoms. The van der Waals surface area contributed by atoms with E-state index >= 15 is 0 Å². The maximum Gasteiger partial charge on any atom is 0.243 e. The van der Waals surface area contributed by atoms with Crippen LogP contribution in [-0.2, 0) is 33.7 Å². The fraction of sp³-hybridized carbons (Fsp3) is 0.355. The van der Waals surface area contributed by atoms with Crippen LogP contribution in [0.2, 0.25) is 0 Å². The minimum atomic E-state index is -0.707. The summed E-state index contributed by atoms with van der Waals surface area (Å²) in [4.78, 5) is 28.8. The van der Waals surface area contributed by atoms with E-state index in [0.717, 1.165) is 16.7 Å². The van der Waals surface area contributed by atoms with Gasteiger partial charge in [-0.3, -0.25) is 9.59 Å². The van der Waals surface area contributed by atoms with Gasteiger partial charge in [-0.15, -0.1) is 0 Å². The van der Waals surface area contributed by atoms with Crippen molar-refractivity contribution in [3.8, 4) is 0 Å². The first-order chi connectivity index (χ1) is 17.9. The van der Waals surface area contributed by atoms with Gasteiger partial charge in [0.2, 0.25) is 11.8 Å². The minimum Gasteiger partial charge on any atom is -0.379 e. The predicted molar refractivity (Wildman–Crippen MR) is 144 cm³/mol. The fourth-order valence-corrected chi connectivity index (χ4v) is 4.10. The van der Waals surface area contributed by atoms with Crippen LogP contribution in [0.3, 0.4) is 0 Å². The van der Waals surface area contributed by atoms with Gasteiger partial charge in [-0.1, -0.05) is 72.8 Å². The average Bonchev–Trinajstić information content (AvgIpc) is 2.91. The third-order valence-electron chi connectivity index (χ3n) is 6.08. The SMILES string of the molecule is CC(C)OCCCNC(=O)[C@H](Cc1ccccc1)N(Cc1ccc(F)cc1)C(=O)CCc1ccccc1. The smallest absolute Gasteiger partial charge is 0.243 e. The lowest BCUT2D eigenvalue weighted by atomic mass is 10.0. The lowest BCUT2D eigenvalue weighted by Crippen LogP contribution is -2.50. The van der Waals surface area contributed by atoms with Crippen LogP contribution in [-0.4, -0.2) is 42.0 Å². The van der Waals surface area contributed by atoms with Gasteiger partial charge in [0.05, 0.1) is 6.10 Å². The van der Waals surface area contributed by atoms with E-state index in [9.17, 15) is 14.0 Å². The molecule has 5 nitrogen and oxygen atoms in total. The van der Waals surface area contributed by atoms with Gasteiger partial charge in [0.25, 0.3) is 0 Å². The summed E-state index contributed by atoms with van der Waals surface area (Å²) in [6, 6.07) is 24.9. The van der Waals surface area contributed by atoms with Crippen molar-refractivity contribution < 1.29 is 18.7 Å². The number of benzene rings is 3. The van der Waals surface area contributed by atoms with Gasteiger partial charge in [0.1, 0.15) is 11.9 Å². The van der Waals surface area contributed by atoms with Gasteiger partial charge in [-0.2, -0.15) is 0 Å². The van der Waals surface area contributed by atoms with Crippen LogP contribution in [0, 0.1) is 5.82 Å². The molecule has 3 aromatic rings. The number of rotatable bonds is 14. The highest BCUT2D eigenvalue weighted by Gasteiger charge is 2.30. The largest absolute Gasteiger partial charge is 0.379 e. The average molecular weight is 505 g/mol. The normalized spacial score (nSPS) is 11.8. The second kappa shape index (κ2) is 14.9. The Hall–Kier alpha value is -3.51. The van der Waals surface area contributed by atoms with Gasteiger partial charge in [0, 0.05) is 32.5 Å². The molecule has 0 aliphatic rings. The molecule has 0 aliphatic heterocycles. The molecule has 0 bridgehead atoms. The molecule has 3 rings (SSSR count). The number of hydrogen-bond acceptors (Lipinski definition) is 3. The predicted octanol–water partition coefficient (Wildman–Crippen LogP) is 5.33. The van der Waals surface area contributed by atoms with E-state index in [4.69, 9.17) is 4.74 Å². The molecule has 0 saturated heterocycles. The van der Waals surface area contributed by atoms with E-state index in [1.165, 1.54) is 12.1 Å². The Kier molecular flexibility index (Phi) is 11.3. The van der Waals surface area contributed by atoms with Crippen LogP contribution < -0.4 is 5.32 Å². The quantitative estimate of drug-likeness (QED) is 0.302. The van der Waals surface area contributed by atoms with Gasteiger partial charge < -0.3 is 15.0 Å². The molecule has 0 aliphatic carbocycles. The van der Waals surface area contributed by atoms with Gasteiger partial charge >= 0.3 is 0 Å². The Labute approximate surface area is 219 Å². The number of aryl methyl sites for hydroxylation is 1. The first kappa shape index (κ1) is 28.1. The van der Waals surface area contributed by atoms with Crippen molar-refractivity contribution in [3.63, 3.8) is 0 Å². The zero-order valence-corrected chi connectivity index (χ0v) is 21.7. The number of amides is 2. The van der Waals surface area contributed by atoms with Crippen LogP contribution in [0.15, 0.2) is 84.9 Å². The molecular weight excluding hydrogens is 467 g/mol. The number of nitrogens with zero attached hydrogens (tertiary/aromatic N) is 1. The molecule has 37 heavy (non-hydrogen) atoms. The van der Waals surface area contributed by atoms with Crippen molar-refractivity contribution in [2.45, 2.75) is 58.2 Å². The molecule has 2 amide bonds. The molecule has 0 saturated carbocycles. The fourth-order valence-electron chi connectivity index (χ4n) is 4.10. The zero-order valence-electron chi connectivity index (χ0n) is 21.7. The summed E-state index contributed by atoms with van der Waals surface area (Å²) in [5, 5.41) is 3.01. The number of carbonyl (C=O) groups excluding carboxylic acids is 2. The summed E-state index contributed by atoms with van der Waals surface area (Å²) in [7, 11) is 0. The molecule has 0 radical (unpaired) electrons. The highest BCUT2D eigenvalue weighted by Crippen LogP contribution is 2.17. The summed E-state index contributed by atoms with van der Waals surface area (Å²) < 4.78 is 19.1. The zero-order chi connectivity index (χ0) is 26.5. The second-order valence-corrected chi connectivity index (χ2v) is 9.40. The van der Waals surface area contributed by atoms with Crippen molar-refractivity contribution in [3.05, 3.63) is 107 Å². The summed E-state index contributed by atoms with van der Waals surface area (Å²) in [5.41, 5.74) is 2.79. The van der Waals surface area contributed by atoms with Gasteiger partial charge in [-0.25, -0.2) is 4.39 Å². The van der Waals surface area contributed by atoms with Crippen LogP contribution in [0.5, 0.6) is 0 Å². The van der Waals surface area contributed by atoms with E-state index in [-0.39, 0.29) is 36.7 Å². The standard InChI is InChI=1S/C31H37FN2O3/c1-24(2)37-21-9-20-33-31(36)29(22-26-12-7-4-8-13-26)34(23-27-14-17-28(32)18-15-27)30(35)19-16-25-10-5-3-6-11-25/h3-8,10-15,17-18,24,29H,9,16,19-23H2,1-2H3,(H,33,36)/t29-/m0/s1. The third-order valence-corrected chi connectivity index (χ3v) is 6.08. The van der Waals surface area contributed by atoms with Crippen LogP contribution in [0.25, 0.3) is 0 Å². The van der Waals surface area contributed by atoms with Crippen molar-refractivity contribution in [2.75, 3.05) is 13.2 Å². The van der Waals surface area contributed by atoms with Crippen molar-refractivity contribution >= 4 is 11.8 Å². The van der Waals surface area contributed by atoms with Crippen LogP contribution in [0.4, 0.5) is 4.39 Å². The van der Waals surface area contributed by atoms with E-state index in [2.05, 4.69) is 5.32 Å².